The van der Waals surface area contributed by atoms with E-state index in [0.717, 1.165) is 30.5 Å². The van der Waals surface area contributed by atoms with Gasteiger partial charge in [0.1, 0.15) is 0 Å². The van der Waals surface area contributed by atoms with E-state index in [2.05, 4.69) is 10.6 Å². The maximum Gasteiger partial charge on any atom is 0.264 e. The van der Waals surface area contributed by atoms with Crippen molar-refractivity contribution in [3.05, 3.63) is 59.2 Å². The largest absolute Gasteiger partial charge is 0.394 e. The molecule has 4 heterocycles. The molecule has 0 bridgehead atoms. The molecule has 6 atom stereocenters. The Morgan fingerprint density at radius 3 is 2.64 bits per heavy atom. The summed E-state index contributed by atoms with van der Waals surface area (Å²) < 4.78 is 22.9. The quantitative estimate of drug-likeness (QED) is 0.335. The van der Waals surface area contributed by atoms with Gasteiger partial charge in [-0.25, -0.2) is 0 Å². The molecule has 236 valence electrons. The Hall–Kier alpha value is -3.12. The number of nitrogens with one attached hydrogen (secondary N) is 2. The first-order valence-corrected chi connectivity index (χ1v) is 18.7. The van der Waals surface area contributed by atoms with E-state index in [4.69, 9.17) is 4.74 Å². The zero-order valence-corrected chi connectivity index (χ0v) is 26.9. The topological polar surface area (TPSA) is 111 Å². The van der Waals surface area contributed by atoms with Crippen LogP contribution in [-0.4, -0.2) is 75.0 Å². The van der Waals surface area contributed by atoms with E-state index in [1.807, 2.05) is 31.2 Å². The van der Waals surface area contributed by atoms with Gasteiger partial charge < -0.3 is 34.4 Å². The molecule has 0 aliphatic carbocycles. The predicted molar refractivity (Wildman–Crippen MR) is 168 cm³/mol. The molecule has 9 nitrogen and oxygen atoms in total. The molecule has 4 aliphatic heterocycles. The molecule has 0 saturated carbocycles. The minimum absolute atomic E-state index is 0.0792. The number of fused-ring (bicyclic) bond motifs is 3. The molecule has 2 saturated heterocycles. The van der Waals surface area contributed by atoms with Gasteiger partial charge in [-0.15, -0.1) is 0 Å². The van der Waals surface area contributed by atoms with E-state index in [0.29, 0.717) is 36.4 Å². The molecule has 1 spiro atoms. The molecule has 0 aromatic heterocycles. The molecule has 3 amide bonds. The molecule has 11 heteroatoms. The summed E-state index contributed by atoms with van der Waals surface area (Å²) >= 11 is 0. The minimum atomic E-state index is -3.47. The Balaban J connectivity index is 1.31. The highest BCUT2D eigenvalue weighted by molar-refractivity contribution is 6.72. The van der Waals surface area contributed by atoms with Crippen molar-refractivity contribution in [3.8, 4) is 0 Å². The highest BCUT2D eigenvalue weighted by Gasteiger charge is 2.66. The lowest BCUT2D eigenvalue weighted by Gasteiger charge is -2.37. The number of nitrogens with zero attached hydrogens (tertiary/aromatic N) is 2. The summed E-state index contributed by atoms with van der Waals surface area (Å²) in [4.78, 5) is 44.3. The lowest BCUT2D eigenvalue weighted by atomic mass is 9.82. The van der Waals surface area contributed by atoms with Crippen molar-refractivity contribution in [1.29, 1.82) is 0 Å². The van der Waals surface area contributed by atoms with Crippen LogP contribution in [-0.2, 0) is 37.7 Å². The van der Waals surface area contributed by atoms with Crippen molar-refractivity contribution in [2.24, 2.45) is 11.8 Å². The van der Waals surface area contributed by atoms with Gasteiger partial charge in [-0.1, -0.05) is 31.2 Å². The second kappa shape index (κ2) is 11.7. The molecule has 1 unspecified atom stereocenters. The third-order valence-electron chi connectivity index (χ3n) is 10.3. The van der Waals surface area contributed by atoms with Gasteiger partial charge in [-0.3, -0.25) is 14.4 Å². The van der Waals surface area contributed by atoms with Gasteiger partial charge in [0.05, 0.1) is 36.8 Å². The Bertz CT molecular complexity index is 1460. The lowest BCUT2D eigenvalue weighted by Crippen LogP contribution is -2.48. The number of hydrogen-bond donors (Lipinski definition) is 3. The summed E-state index contributed by atoms with van der Waals surface area (Å²) in [5.74, 6) is -1.29. The van der Waals surface area contributed by atoms with Crippen LogP contribution >= 0.6 is 0 Å². The Kier molecular flexibility index (Phi) is 8.19. The van der Waals surface area contributed by atoms with E-state index < -0.39 is 31.6 Å². The number of ether oxygens (including phenoxy) is 1. The van der Waals surface area contributed by atoms with Gasteiger partial charge >= 0.3 is 0 Å². The molecule has 6 rings (SSSR count). The first-order valence-electron chi connectivity index (χ1n) is 15.7. The number of aliphatic hydroxyl groups excluding tert-OH is 1. The summed E-state index contributed by atoms with van der Waals surface area (Å²) in [6.45, 7) is 6.78. The van der Waals surface area contributed by atoms with E-state index in [1.165, 1.54) is 0 Å². The third-order valence-corrected chi connectivity index (χ3v) is 12.7. The highest BCUT2D eigenvalue weighted by atomic mass is 28.4. The zero-order valence-electron chi connectivity index (χ0n) is 25.9. The number of anilines is 2. The van der Waals surface area contributed by atoms with Crippen LogP contribution in [0, 0.1) is 11.8 Å². The van der Waals surface area contributed by atoms with Crippen LogP contribution < -0.4 is 15.5 Å². The van der Waals surface area contributed by atoms with Gasteiger partial charge in [-0.05, 0) is 68.2 Å². The second-order valence-corrected chi connectivity index (χ2v) is 17.2. The number of amides is 3. The van der Waals surface area contributed by atoms with Crippen molar-refractivity contribution >= 4 is 37.5 Å². The third kappa shape index (κ3) is 5.17. The van der Waals surface area contributed by atoms with E-state index in [-0.39, 0.29) is 42.7 Å². The number of rotatable bonds is 6. The van der Waals surface area contributed by atoms with Crippen LogP contribution in [0.5, 0.6) is 0 Å². The van der Waals surface area contributed by atoms with Crippen LogP contribution in [0.15, 0.2) is 42.5 Å². The molecule has 0 radical (unpaired) electrons. The van der Waals surface area contributed by atoms with Gasteiger partial charge in [0, 0.05) is 42.8 Å². The second-order valence-electron chi connectivity index (χ2n) is 13.4. The summed E-state index contributed by atoms with van der Waals surface area (Å²) in [6.07, 6.45) is 1.37. The molecule has 2 aromatic carbocycles. The summed E-state index contributed by atoms with van der Waals surface area (Å²) in [5, 5.41) is 16.5. The molecular weight excluding hydrogens is 579 g/mol. The van der Waals surface area contributed by atoms with E-state index in [9.17, 15) is 19.5 Å². The number of carbonyl (C=O) groups excluding carboxylic acids is 3. The number of piperidine rings is 1. The highest BCUT2D eigenvalue weighted by Crippen LogP contribution is 2.60. The molecule has 2 aromatic rings. The average Bonchev–Trinajstić information content (AvgIpc) is 3.42. The number of likely N-dealkylation sites (N-methyl/N-ethyl adjacent to an activating group) is 1. The number of aliphatic hydroxyl groups is 1. The number of halogens is 1. The van der Waals surface area contributed by atoms with E-state index in [1.54, 1.807) is 48.1 Å². The standard InChI is InChI=1S/C33H43FN4O5Si/c1-20-30(44(3,4)34)28(16-29(40)38-18-23-9-6-5-8-21(23)14-25(38)19-39)43-33(20)26-15-24(11-12-27(26)37(2)32(33)42)36-31(41)22-10-7-13-35-17-22/h5-6,8-9,11-12,15,20,22,25,28,30,35,39H,7,10,13-14,16-19H2,1-4H3,(H,36,41)/t20-,22?,25-,28+,30-,33+/m0/s1. The van der Waals surface area contributed by atoms with Crippen LogP contribution in [0.2, 0.25) is 18.6 Å². The fourth-order valence-corrected chi connectivity index (χ4v) is 10.6. The molecular formula is C33H43FN4O5Si. The van der Waals surface area contributed by atoms with Crippen molar-refractivity contribution in [2.75, 3.05) is 37.0 Å². The van der Waals surface area contributed by atoms with Crippen molar-refractivity contribution < 1.29 is 28.3 Å². The smallest absolute Gasteiger partial charge is 0.264 e. The summed E-state index contributed by atoms with van der Waals surface area (Å²) in [5.41, 5.74) is 1.82. The van der Waals surface area contributed by atoms with Crippen LogP contribution in [0.3, 0.4) is 0 Å². The predicted octanol–water partition coefficient (Wildman–Crippen LogP) is 3.71. The number of carbonyl (C=O) groups is 3. The summed E-state index contributed by atoms with van der Waals surface area (Å²) in [6, 6.07) is 12.9. The van der Waals surface area contributed by atoms with E-state index >= 15 is 4.11 Å². The van der Waals surface area contributed by atoms with Crippen LogP contribution in [0.25, 0.3) is 0 Å². The fraction of sp³-hybridized carbons (Fsp3) is 0.545. The monoisotopic (exact) mass is 622 g/mol. The molecule has 4 aliphatic rings. The maximum absolute atomic E-state index is 16.2. The van der Waals surface area contributed by atoms with Gasteiger partial charge in [0.2, 0.25) is 20.2 Å². The number of hydrogen-bond acceptors (Lipinski definition) is 6. The SMILES string of the molecule is C[C@H]1[C@H]([Si](C)(C)F)[C@@H](CC(=O)N2Cc3ccccc3C[C@H]2CO)O[C@]12C(=O)N(C)c1ccc(NC(=O)C3CCCNC3)cc12. The minimum Gasteiger partial charge on any atom is -0.394 e. The lowest BCUT2D eigenvalue weighted by molar-refractivity contribution is -0.150. The summed E-state index contributed by atoms with van der Waals surface area (Å²) in [7, 11) is -1.79. The molecule has 3 N–H and O–H groups in total. The van der Waals surface area contributed by atoms with Gasteiger partial charge in [0.25, 0.3) is 5.91 Å². The zero-order chi connectivity index (χ0) is 31.4. The van der Waals surface area contributed by atoms with Crippen molar-refractivity contribution in [1.82, 2.24) is 10.2 Å². The van der Waals surface area contributed by atoms with Gasteiger partial charge in [0.15, 0.2) is 5.60 Å². The number of benzene rings is 2. The average molecular weight is 623 g/mol. The molecule has 2 fully saturated rings. The molecule has 44 heavy (non-hydrogen) atoms. The van der Waals surface area contributed by atoms with Gasteiger partial charge in [-0.2, -0.15) is 0 Å². The van der Waals surface area contributed by atoms with Crippen molar-refractivity contribution in [3.63, 3.8) is 0 Å². The first kappa shape index (κ1) is 30.9. The maximum atomic E-state index is 16.2. The first-order chi connectivity index (χ1) is 21.0. The fourth-order valence-electron chi connectivity index (χ4n) is 8.08. The Morgan fingerprint density at radius 1 is 1.20 bits per heavy atom. The van der Waals surface area contributed by atoms with Crippen molar-refractivity contribution in [2.45, 2.75) is 75.5 Å². The Morgan fingerprint density at radius 2 is 1.95 bits per heavy atom. The normalized spacial score (nSPS) is 30.0. The van der Waals surface area contributed by atoms with Crippen LogP contribution in [0.4, 0.5) is 15.5 Å². The van der Waals surface area contributed by atoms with Crippen LogP contribution in [0.1, 0.15) is 42.9 Å². The Labute approximate surface area is 259 Å².